The van der Waals surface area contributed by atoms with Crippen molar-refractivity contribution in [3.8, 4) is 17.2 Å². The highest BCUT2D eigenvalue weighted by atomic mass is 19.1. The van der Waals surface area contributed by atoms with Gasteiger partial charge in [-0.15, -0.1) is 0 Å². The second kappa shape index (κ2) is 5.71. The first kappa shape index (κ1) is 13.4. The molecule has 3 nitrogen and oxygen atoms in total. The molecule has 0 saturated heterocycles. The van der Waals surface area contributed by atoms with Crippen molar-refractivity contribution in [1.82, 2.24) is 0 Å². The molecule has 0 heterocycles. The van der Waals surface area contributed by atoms with E-state index in [1.165, 1.54) is 6.07 Å². The number of benzene rings is 2. The van der Waals surface area contributed by atoms with Crippen LogP contribution in [0.5, 0.6) is 17.2 Å². The molecule has 0 bridgehead atoms. The van der Waals surface area contributed by atoms with E-state index in [4.69, 9.17) is 15.2 Å². The van der Waals surface area contributed by atoms with Crippen LogP contribution in [-0.2, 0) is 0 Å². The molecule has 1 atom stereocenters. The highest BCUT2D eigenvalue weighted by Crippen LogP contribution is 2.32. The van der Waals surface area contributed by atoms with Crippen LogP contribution in [0.4, 0.5) is 4.39 Å². The van der Waals surface area contributed by atoms with E-state index < -0.39 is 5.82 Å². The van der Waals surface area contributed by atoms with Crippen LogP contribution in [0.15, 0.2) is 42.5 Å². The Bertz CT molecular complexity index is 553. The number of halogens is 1. The van der Waals surface area contributed by atoms with Crippen LogP contribution in [0.2, 0.25) is 0 Å². The molecule has 2 N–H and O–H groups in total. The van der Waals surface area contributed by atoms with Crippen molar-refractivity contribution < 1.29 is 13.9 Å². The highest BCUT2D eigenvalue weighted by Gasteiger charge is 2.13. The predicted molar refractivity (Wildman–Crippen MR) is 72.1 cm³/mol. The number of ether oxygens (including phenoxy) is 2. The summed E-state index contributed by atoms with van der Waals surface area (Å²) in [5, 5.41) is 0. The standard InChI is InChI=1S/C15H16FNO2/c1-10(17)13-4-3-5-14(16)15(13)19-12-8-6-11(18-2)7-9-12/h3-10H,17H2,1-2H3/t10-/m0/s1. The van der Waals surface area contributed by atoms with Crippen LogP contribution in [0.3, 0.4) is 0 Å². The van der Waals surface area contributed by atoms with E-state index in [9.17, 15) is 4.39 Å². The third kappa shape index (κ3) is 3.03. The Morgan fingerprint density at radius 2 is 1.68 bits per heavy atom. The Hall–Kier alpha value is -2.07. The number of hydrogen-bond donors (Lipinski definition) is 1. The first-order chi connectivity index (χ1) is 9.11. The predicted octanol–water partition coefficient (Wildman–Crippen LogP) is 3.65. The maximum atomic E-state index is 13.8. The van der Waals surface area contributed by atoms with Gasteiger partial charge in [0.2, 0.25) is 0 Å². The van der Waals surface area contributed by atoms with Crippen molar-refractivity contribution in [3.63, 3.8) is 0 Å². The fourth-order valence-electron chi connectivity index (χ4n) is 1.75. The van der Waals surface area contributed by atoms with Gasteiger partial charge in [0, 0.05) is 11.6 Å². The zero-order chi connectivity index (χ0) is 13.8. The van der Waals surface area contributed by atoms with E-state index in [1.807, 2.05) is 0 Å². The molecule has 2 rings (SSSR count). The molecule has 0 aromatic heterocycles. The quantitative estimate of drug-likeness (QED) is 0.913. The minimum absolute atomic E-state index is 0.169. The smallest absolute Gasteiger partial charge is 0.167 e. The van der Waals surface area contributed by atoms with Crippen molar-refractivity contribution in [1.29, 1.82) is 0 Å². The summed E-state index contributed by atoms with van der Waals surface area (Å²) in [4.78, 5) is 0. The van der Waals surface area contributed by atoms with Gasteiger partial charge in [-0.2, -0.15) is 0 Å². The summed E-state index contributed by atoms with van der Waals surface area (Å²) in [7, 11) is 1.58. The zero-order valence-corrected chi connectivity index (χ0v) is 10.9. The van der Waals surface area contributed by atoms with Gasteiger partial charge in [0.15, 0.2) is 11.6 Å². The maximum Gasteiger partial charge on any atom is 0.167 e. The number of hydrogen-bond acceptors (Lipinski definition) is 3. The number of para-hydroxylation sites is 1. The van der Waals surface area contributed by atoms with Gasteiger partial charge < -0.3 is 15.2 Å². The Kier molecular flexibility index (Phi) is 4.02. The van der Waals surface area contributed by atoms with Crippen molar-refractivity contribution in [2.75, 3.05) is 7.11 Å². The number of methoxy groups -OCH3 is 1. The average molecular weight is 261 g/mol. The number of rotatable bonds is 4. The molecule has 0 unspecified atom stereocenters. The SMILES string of the molecule is COc1ccc(Oc2c(F)cccc2[C@H](C)N)cc1. The first-order valence-corrected chi connectivity index (χ1v) is 5.97. The van der Waals surface area contributed by atoms with E-state index >= 15 is 0 Å². The zero-order valence-electron chi connectivity index (χ0n) is 10.9. The van der Waals surface area contributed by atoms with Crippen LogP contribution in [0, 0.1) is 5.82 Å². The molecular weight excluding hydrogens is 245 g/mol. The Balaban J connectivity index is 2.31. The maximum absolute atomic E-state index is 13.8. The van der Waals surface area contributed by atoms with Crippen molar-refractivity contribution in [2.45, 2.75) is 13.0 Å². The highest BCUT2D eigenvalue weighted by molar-refractivity contribution is 5.41. The van der Waals surface area contributed by atoms with Gasteiger partial charge in [0.1, 0.15) is 11.5 Å². The summed E-state index contributed by atoms with van der Waals surface area (Å²) in [6.45, 7) is 1.79. The third-order valence-corrected chi connectivity index (χ3v) is 2.77. The molecule has 0 spiro atoms. The molecule has 0 aliphatic carbocycles. The van der Waals surface area contributed by atoms with Crippen LogP contribution >= 0.6 is 0 Å². The molecule has 2 aromatic carbocycles. The van der Waals surface area contributed by atoms with Crippen LogP contribution in [0.25, 0.3) is 0 Å². The molecule has 0 saturated carbocycles. The van der Waals surface area contributed by atoms with Crippen molar-refractivity contribution in [3.05, 3.63) is 53.8 Å². The Morgan fingerprint density at radius 1 is 1.05 bits per heavy atom. The molecule has 0 aliphatic heterocycles. The lowest BCUT2D eigenvalue weighted by atomic mass is 10.1. The summed E-state index contributed by atoms with van der Waals surface area (Å²) in [6, 6.07) is 11.4. The fraction of sp³-hybridized carbons (Fsp3) is 0.200. The Morgan fingerprint density at radius 3 is 2.26 bits per heavy atom. The van der Waals surface area contributed by atoms with Gasteiger partial charge in [-0.05, 0) is 37.3 Å². The largest absolute Gasteiger partial charge is 0.497 e. The monoisotopic (exact) mass is 261 g/mol. The normalized spacial score (nSPS) is 12.0. The third-order valence-electron chi connectivity index (χ3n) is 2.77. The van der Waals surface area contributed by atoms with Crippen LogP contribution in [0.1, 0.15) is 18.5 Å². The van der Waals surface area contributed by atoms with E-state index in [-0.39, 0.29) is 11.8 Å². The topological polar surface area (TPSA) is 44.5 Å². The molecule has 100 valence electrons. The summed E-state index contributed by atoms with van der Waals surface area (Å²) >= 11 is 0. The fourth-order valence-corrected chi connectivity index (χ4v) is 1.75. The van der Waals surface area contributed by atoms with Crippen LogP contribution in [-0.4, -0.2) is 7.11 Å². The molecule has 19 heavy (non-hydrogen) atoms. The van der Waals surface area contributed by atoms with Gasteiger partial charge in [-0.3, -0.25) is 0 Å². The minimum atomic E-state index is -0.425. The molecular formula is C15H16FNO2. The average Bonchev–Trinajstić information content (AvgIpc) is 2.41. The first-order valence-electron chi connectivity index (χ1n) is 5.97. The summed E-state index contributed by atoms with van der Waals surface area (Å²) in [5.74, 6) is 0.995. The second-order valence-corrected chi connectivity index (χ2v) is 4.22. The van der Waals surface area contributed by atoms with E-state index in [0.717, 1.165) is 0 Å². The summed E-state index contributed by atoms with van der Waals surface area (Å²) in [5.41, 5.74) is 6.45. The minimum Gasteiger partial charge on any atom is -0.497 e. The lowest BCUT2D eigenvalue weighted by molar-refractivity contribution is 0.410. The number of nitrogens with two attached hydrogens (primary N) is 1. The Labute approximate surface area is 111 Å². The van der Waals surface area contributed by atoms with Gasteiger partial charge in [0.25, 0.3) is 0 Å². The summed E-state index contributed by atoms with van der Waals surface area (Å²) in [6.07, 6.45) is 0. The molecule has 0 radical (unpaired) electrons. The molecule has 0 amide bonds. The van der Waals surface area contributed by atoms with E-state index in [1.54, 1.807) is 50.4 Å². The van der Waals surface area contributed by atoms with E-state index in [2.05, 4.69) is 0 Å². The molecule has 2 aromatic rings. The van der Waals surface area contributed by atoms with E-state index in [0.29, 0.717) is 17.1 Å². The van der Waals surface area contributed by atoms with Crippen molar-refractivity contribution >= 4 is 0 Å². The lowest BCUT2D eigenvalue weighted by Gasteiger charge is -2.14. The van der Waals surface area contributed by atoms with Crippen molar-refractivity contribution in [2.24, 2.45) is 5.73 Å². The van der Waals surface area contributed by atoms with Gasteiger partial charge in [-0.25, -0.2) is 4.39 Å². The van der Waals surface area contributed by atoms with Gasteiger partial charge in [0.05, 0.1) is 7.11 Å². The lowest BCUT2D eigenvalue weighted by Crippen LogP contribution is -2.07. The van der Waals surface area contributed by atoms with Gasteiger partial charge in [-0.1, -0.05) is 12.1 Å². The van der Waals surface area contributed by atoms with Crippen LogP contribution < -0.4 is 15.2 Å². The summed E-state index contributed by atoms with van der Waals surface area (Å²) < 4.78 is 24.5. The molecule has 0 fully saturated rings. The van der Waals surface area contributed by atoms with Gasteiger partial charge >= 0.3 is 0 Å². The molecule has 4 heteroatoms. The molecule has 0 aliphatic rings. The second-order valence-electron chi connectivity index (χ2n) is 4.22.